The van der Waals surface area contributed by atoms with Crippen LogP contribution in [0.2, 0.25) is 0 Å². The third-order valence-electron chi connectivity index (χ3n) is 5.77. The number of fused-ring (bicyclic) bond motifs is 1. The van der Waals surface area contributed by atoms with Crippen molar-refractivity contribution in [1.29, 1.82) is 0 Å². The first kappa shape index (κ1) is 22.5. The van der Waals surface area contributed by atoms with Gasteiger partial charge in [0.1, 0.15) is 11.8 Å². The van der Waals surface area contributed by atoms with Crippen LogP contribution in [0.3, 0.4) is 0 Å². The van der Waals surface area contributed by atoms with Crippen molar-refractivity contribution in [3.05, 3.63) is 64.7 Å². The van der Waals surface area contributed by atoms with Gasteiger partial charge >= 0.3 is 0 Å². The number of carbonyl (C=O) groups is 4. The number of carbonyl (C=O) groups excluding carboxylic acids is 4. The summed E-state index contributed by atoms with van der Waals surface area (Å²) < 4.78 is 10.6. The predicted molar refractivity (Wildman–Crippen MR) is 118 cm³/mol. The molecule has 9 nitrogen and oxygen atoms in total. The molecular weight excluding hydrogens is 426 g/mol. The van der Waals surface area contributed by atoms with E-state index in [0.717, 1.165) is 4.90 Å². The van der Waals surface area contributed by atoms with E-state index in [4.69, 9.17) is 9.47 Å². The Bertz CT molecular complexity index is 1070. The molecule has 4 amide bonds. The molecule has 33 heavy (non-hydrogen) atoms. The van der Waals surface area contributed by atoms with E-state index in [9.17, 15) is 19.2 Å². The molecule has 1 atom stereocenters. The average Bonchev–Trinajstić information content (AvgIpc) is 3.09. The number of hydrogen-bond acceptors (Lipinski definition) is 6. The molecule has 1 N–H and O–H groups in total. The Morgan fingerprint density at radius 3 is 2.30 bits per heavy atom. The van der Waals surface area contributed by atoms with Gasteiger partial charge in [-0.05, 0) is 36.8 Å². The van der Waals surface area contributed by atoms with Crippen molar-refractivity contribution in [2.24, 2.45) is 0 Å². The summed E-state index contributed by atoms with van der Waals surface area (Å²) in [5.41, 5.74) is 1.53. The molecule has 2 aliphatic rings. The summed E-state index contributed by atoms with van der Waals surface area (Å²) in [6.07, 6.45) is 0. The van der Waals surface area contributed by atoms with Crippen molar-refractivity contribution < 1.29 is 28.7 Å². The first-order valence-electron chi connectivity index (χ1n) is 10.7. The number of imide groups is 1. The maximum atomic E-state index is 13.0. The van der Waals surface area contributed by atoms with Gasteiger partial charge in [-0.25, -0.2) is 0 Å². The van der Waals surface area contributed by atoms with Crippen molar-refractivity contribution in [1.82, 2.24) is 15.1 Å². The first-order chi connectivity index (χ1) is 15.9. The summed E-state index contributed by atoms with van der Waals surface area (Å²) in [7, 11) is 1.44. The fourth-order valence-electron chi connectivity index (χ4n) is 3.99. The fourth-order valence-corrected chi connectivity index (χ4v) is 3.99. The predicted octanol–water partition coefficient (Wildman–Crippen LogP) is 1.47. The van der Waals surface area contributed by atoms with E-state index in [0.29, 0.717) is 48.7 Å². The zero-order valence-electron chi connectivity index (χ0n) is 18.5. The molecular formula is C24H25N3O6. The second-order valence-electron chi connectivity index (χ2n) is 7.91. The van der Waals surface area contributed by atoms with Crippen LogP contribution in [-0.4, -0.2) is 72.9 Å². The lowest BCUT2D eigenvalue weighted by molar-refractivity contribution is -0.136. The Morgan fingerprint density at radius 2 is 1.70 bits per heavy atom. The van der Waals surface area contributed by atoms with Crippen molar-refractivity contribution in [3.8, 4) is 5.75 Å². The van der Waals surface area contributed by atoms with Gasteiger partial charge in [0.25, 0.3) is 17.7 Å². The molecule has 0 radical (unpaired) electrons. The summed E-state index contributed by atoms with van der Waals surface area (Å²) in [6, 6.07) is 10.8. The smallest absolute Gasteiger partial charge is 0.261 e. The van der Waals surface area contributed by atoms with Gasteiger partial charge in [0.05, 0.1) is 43.6 Å². The normalized spacial score (nSPS) is 16.4. The van der Waals surface area contributed by atoms with Crippen LogP contribution in [0.5, 0.6) is 5.75 Å². The van der Waals surface area contributed by atoms with Crippen LogP contribution in [0.1, 0.15) is 43.6 Å². The summed E-state index contributed by atoms with van der Waals surface area (Å²) >= 11 is 0. The van der Waals surface area contributed by atoms with Crippen LogP contribution < -0.4 is 10.1 Å². The van der Waals surface area contributed by atoms with E-state index < -0.39 is 11.9 Å². The highest BCUT2D eigenvalue weighted by molar-refractivity contribution is 6.21. The number of morpholine rings is 1. The zero-order chi connectivity index (χ0) is 23.5. The van der Waals surface area contributed by atoms with E-state index in [2.05, 4.69) is 5.32 Å². The summed E-state index contributed by atoms with van der Waals surface area (Å²) in [6.45, 7) is 3.56. The minimum Gasteiger partial charge on any atom is -0.496 e. The molecule has 172 valence electrons. The quantitative estimate of drug-likeness (QED) is 0.667. The summed E-state index contributed by atoms with van der Waals surface area (Å²) in [5, 5.41) is 2.72. The molecule has 2 aromatic rings. The Balaban J connectivity index is 1.50. The van der Waals surface area contributed by atoms with Crippen LogP contribution in [0.15, 0.2) is 42.5 Å². The van der Waals surface area contributed by atoms with Gasteiger partial charge in [-0.15, -0.1) is 0 Å². The molecule has 2 aliphatic heterocycles. The van der Waals surface area contributed by atoms with Gasteiger partial charge in [-0.1, -0.05) is 18.2 Å². The molecule has 0 saturated carbocycles. The van der Waals surface area contributed by atoms with Gasteiger partial charge < -0.3 is 19.7 Å². The topological polar surface area (TPSA) is 105 Å². The van der Waals surface area contributed by atoms with Gasteiger partial charge in [0.15, 0.2) is 0 Å². The highest BCUT2D eigenvalue weighted by atomic mass is 16.5. The molecule has 0 spiro atoms. The molecule has 2 heterocycles. The monoisotopic (exact) mass is 451 g/mol. The van der Waals surface area contributed by atoms with Crippen molar-refractivity contribution in [3.63, 3.8) is 0 Å². The van der Waals surface area contributed by atoms with Crippen LogP contribution in [-0.2, 0) is 16.1 Å². The fraction of sp³-hybridized carbons (Fsp3) is 0.333. The Kier molecular flexibility index (Phi) is 6.41. The lowest BCUT2D eigenvalue weighted by atomic mass is 10.1. The Labute approximate surface area is 191 Å². The summed E-state index contributed by atoms with van der Waals surface area (Å²) in [5.74, 6) is -1.09. The maximum absolute atomic E-state index is 13.0. The molecule has 1 fully saturated rings. The molecule has 0 aromatic heterocycles. The number of nitrogens with zero attached hydrogens (tertiary/aromatic N) is 2. The van der Waals surface area contributed by atoms with Gasteiger partial charge in [0.2, 0.25) is 5.91 Å². The highest BCUT2D eigenvalue weighted by Crippen LogP contribution is 2.26. The molecule has 1 saturated heterocycles. The van der Waals surface area contributed by atoms with Crippen molar-refractivity contribution >= 4 is 23.6 Å². The van der Waals surface area contributed by atoms with E-state index in [-0.39, 0.29) is 29.8 Å². The molecule has 1 unspecified atom stereocenters. The minimum absolute atomic E-state index is 0.0128. The third kappa shape index (κ3) is 4.45. The van der Waals surface area contributed by atoms with Gasteiger partial charge in [-0.3, -0.25) is 24.1 Å². The Hall–Kier alpha value is -3.72. The SMILES string of the molecule is COc1ccc(CN2C(=O)c3ccccc3C2=O)cc1C(=O)NC(C)C(=O)N1CCOCC1. The molecule has 2 aromatic carbocycles. The maximum Gasteiger partial charge on any atom is 0.261 e. The number of nitrogens with one attached hydrogen (secondary N) is 1. The highest BCUT2D eigenvalue weighted by Gasteiger charge is 2.35. The standard InChI is InChI=1S/C24H25N3O6/c1-15(22(29)26-9-11-33-12-10-26)25-21(28)19-13-16(7-8-20(19)32-2)14-27-23(30)17-5-3-4-6-18(17)24(27)31/h3-8,13,15H,9-12,14H2,1-2H3,(H,25,28). The second-order valence-corrected chi connectivity index (χ2v) is 7.91. The second kappa shape index (κ2) is 9.41. The van der Waals surface area contributed by atoms with Crippen LogP contribution in [0, 0.1) is 0 Å². The first-order valence-corrected chi connectivity index (χ1v) is 10.7. The number of ether oxygens (including phenoxy) is 2. The average molecular weight is 451 g/mol. The van der Waals surface area contributed by atoms with E-state index in [1.807, 2.05) is 0 Å². The van der Waals surface area contributed by atoms with E-state index in [1.165, 1.54) is 7.11 Å². The number of rotatable bonds is 6. The summed E-state index contributed by atoms with van der Waals surface area (Å²) in [4.78, 5) is 53.8. The van der Waals surface area contributed by atoms with Gasteiger partial charge in [0, 0.05) is 13.1 Å². The lowest BCUT2D eigenvalue weighted by Gasteiger charge is -2.29. The lowest BCUT2D eigenvalue weighted by Crippen LogP contribution is -2.50. The molecule has 0 bridgehead atoms. The van der Waals surface area contributed by atoms with Crippen LogP contribution in [0.25, 0.3) is 0 Å². The number of methoxy groups -OCH3 is 1. The van der Waals surface area contributed by atoms with Crippen molar-refractivity contribution in [2.45, 2.75) is 19.5 Å². The number of benzene rings is 2. The van der Waals surface area contributed by atoms with E-state index >= 15 is 0 Å². The number of amides is 4. The Morgan fingerprint density at radius 1 is 1.06 bits per heavy atom. The molecule has 0 aliphatic carbocycles. The third-order valence-corrected chi connectivity index (χ3v) is 5.77. The number of hydrogen-bond donors (Lipinski definition) is 1. The molecule has 9 heteroatoms. The van der Waals surface area contributed by atoms with Crippen LogP contribution in [0.4, 0.5) is 0 Å². The van der Waals surface area contributed by atoms with E-state index in [1.54, 1.807) is 54.3 Å². The largest absolute Gasteiger partial charge is 0.496 e. The molecule has 4 rings (SSSR count). The van der Waals surface area contributed by atoms with Crippen LogP contribution >= 0.6 is 0 Å². The zero-order valence-corrected chi connectivity index (χ0v) is 18.5. The van der Waals surface area contributed by atoms with Gasteiger partial charge in [-0.2, -0.15) is 0 Å². The minimum atomic E-state index is -0.736. The van der Waals surface area contributed by atoms with Crippen molar-refractivity contribution in [2.75, 3.05) is 33.4 Å².